The molecule has 2 saturated heterocycles. The molecule has 0 aliphatic carbocycles. The van der Waals surface area contributed by atoms with Crippen LogP contribution in [0.4, 0.5) is 0 Å². The zero-order valence-corrected chi connectivity index (χ0v) is 23.1. The maximum Gasteiger partial charge on any atom is 0.127 e. The third-order valence-corrected chi connectivity index (χ3v) is 7.66. The summed E-state index contributed by atoms with van der Waals surface area (Å²) in [6, 6.07) is 27.5. The van der Waals surface area contributed by atoms with Crippen LogP contribution in [0.5, 0.6) is 11.5 Å². The summed E-state index contributed by atoms with van der Waals surface area (Å²) in [5, 5.41) is 0. The second-order valence-corrected chi connectivity index (χ2v) is 9.73. The van der Waals surface area contributed by atoms with Gasteiger partial charge in [-0.15, -0.1) is 24.8 Å². The average molecular weight is 530 g/mol. The lowest BCUT2D eigenvalue weighted by Gasteiger charge is -2.47. The van der Waals surface area contributed by atoms with Crippen LogP contribution in [-0.4, -0.2) is 55.7 Å². The summed E-state index contributed by atoms with van der Waals surface area (Å²) in [5.74, 6) is 2.15. The molecule has 6 heteroatoms. The Labute approximate surface area is 228 Å². The van der Waals surface area contributed by atoms with E-state index in [4.69, 9.17) is 9.47 Å². The van der Waals surface area contributed by atoms with Crippen molar-refractivity contribution in [2.75, 3.05) is 33.9 Å². The number of ether oxygens (including phenoxy) is 2. The molecule has 0 unspecified atom stereocenters. The molecule has 0 amide bonds. The van der Waals surface area contributed by atoms with Crippen LogP contribution in [-0.2, 0) is 6.54 Å². The van der Waals surface area contributed by atoms with Gasteiger partial charge in [-0.3, -0.25) is 9.80 Å². The number of aryl methyl sites for hydroxylation is 1. The van der Waals surface area contributed by atoms with Crippen LogP contribution in [0.3, 0.4) is 0 Å². The van der Waals surface area contributed by atoms with Crippen molar-refractivity contribution >= 4 is 24.8 Å². The van der Waals surface area contributed by atoms with Gasteiger partial charge >= 0.3 is 0 Å². The van der Waals surface area contributed by atoms with Crippen molar-refractivity contribution in [1.29, 1.82) is 0 Å². The molecule has 2 fully saturated rings. The van der Waals surface area contributed by atoms with Crippen LogP contribution in [0.1, 0.15) is 41.0 Å². The molecule has 0 spiro atoms. The third kappa shape index (κ3) is 5.84. The molecule has 2 aliphatic heterocycles. The van der Waals surface area contributed by atoms with Crippen molar-refractivity contribution in [2.24, 2.45) is 0 Å². The summed E-state index contributed by atoms with van der Waals surface area (Å²) in [6.07, 6.45) is 2.57. The average Bonchev–Trinajstić information content (AvgIpc) is 3.35. The van der Waals surface area contributed by atoms with E-state index in [2.05, 4.69) is 83.5 Å². The highest BCUT2D eigenvalue weighted by Crippen LogP contribution is 2.38. The first-order chi connectivity index (χ1) is 16.7. The number of benzene rings is 3. The van der Waals surface area contributed by atoms with Gasteiger partial charge in [0.1, 0.15) is 11.5 Å². The van der Waals surface area contributed by atoms with Gasteiger partial charge in [-0.1, -0.05) is 60.7 Å². The molecule has 2 aliphatic rings. The topological polar surface area (TPSA) is 24.9 Å². The Balaban J connectivity index is 0.00000180. The molecule has 0 radical (unpaired) electrons. The van der Waals surface area contributed by atoms with E-state index >= 15 is 0 Å². The first-order valence-corrected chi connectivity index (χ1v) is 12.5. The predicted octanol–water partition coefficient (Wildman–Crippen LogP) is 6.34. The minimum Gasteiger partial charge on any atom is -0.496 e. The van der Waals surface area contributed by atoms with Crippen molar-refractivity contribution in [1.82, 2.24) is 9.80 Å². The quantitative estimate of drug-likeness (QED) is 0.357. The third-order valence-electron chi connectivity index (χ3n) is 7.66. The molecule has 2 atom stereocenters. The molecular weight excluding hydrogens is 491 g/mol. The largest absolute Gasteiger partial charge is 0.496 e. The Morgan fingerprint density at radius 1 is 0.833 bits per heavy atom. The van der Waals surface area contributed by atoms with Crippen molar-refractivity contribution in [2.45, 2.75) is 44.3 Å². The van der Waals surface area contributed by atoms with Gasteiger partial charge in [0.2, 0.25) is 0 Å². The van der Waals surface area contributed by atoms with E-state index in [1.807, 2.05) is 6.07 Å². The molecule has 36 heavy (non-hydrogen) atoms. The molecule has 194 valence electrons. The SMILES string of the molecule is COc1cc(OC)c(CN2C[C@@H]3CCCN3[C@H](C(c3ccccc3)c3ccccc3)C2)cc1C.Cl.Cl. The van der Waals surface area contributed by atoms with Gasteiger partial charge in [0.15, 0.2) is 0 Å². The summed E-state index contributed by atoms with van der Waals surface area (Å²) in [5.41, 5.74) is 5.20. The Hall–Kier alpha value is -2.24. The fourth-order valence-electron chi connectivity index (χ4n) is 6.12. The first kappa shape index (κ1) is 28.3. The van der Waals surface area contributed by atoms with Crippen molar-refractivity contribution < 1.29 is 9.47 Å². The zero-order chi connectivity index (χ0) is 23.5. The lowest BCUT2D eigenvalue weighted by Crippen LogP contribution is -2.57. The molecule has 5 rings (SSSR count). The van der Waals surface area contributed by atoms with Crippen LogP contribution in [0, 0.1) is 6.92 Å². The Morgan fingerprint density at radius 2 is 1.44 bits per heavy atom. The Bertz CT molecular complexity index is 1060. The van der Waals surface area contributed by atoms with Crippen LogP contribution < -0.4 is 9.47 Å². The van der Waals surface area contributed by atoms with Gasteiger partial charge in [0, 0.05) is 49.3 Å². The predicted molar refractivity (Wildman–Crippen MR) is 152 cm³/mol. The number of rotatable bonds is 7. The Kier molecular flexibility index (Phi) is 10.1. The lowest BCUT2D eigenvalue weighted by molar-refractivity contribution is 0.0380. The smallest absolute Gasteiger partial charge is 0.127 e. The minimum absolute atomic E-state index is 0. The van der Waals surface area contributed by atoms with E-state index in [9.17, 15) is 0 Å². The molecule has 3 aromatic rings. The fourth-order valence-corrected chi connectivity index (χ4v) is 6.12. The summed E-state index contributed by atoms with van der Waals surface area (Å²) >= 11 is 0. The first-order valence-electron chi connectivity index (χ1n) is 12.5. The van der Waals surface area contributed by atoms with Crippen LogP contribution in [0.2, 0.25) is 0 Å². The van der Waals surface area contributed by atoms with E-state index < -0.39 is 0 Å². The van der Waals surface area contributed by atoms with Gasteiger partial charge in [0.05, 0.1) is 14.2 Å². The Morgan fingerprint density at radius 3 is 2.03 bits per heavy atom. The molecule has 3 aromatic carbocycles. The molecule has 0 bridgehead atoms. The standard InChI is InChI=1S/C30H36N2O2.2ClH/c1-22-17-25(29(34-3)18-28(22)33-2)19-31-20-26-15-10-16-32(26)27(21-31)30(23-11-6-4-7-12-23)24-13-8-5-9-14-24;;/h4-9,11-14,17-18,26-27,30H,10,15-16,19-21H2,1-3H3;2*1H/t26-,27-;;/m0../s1. The summed E-state index contributed by atoms with van der Waals surface area (Å²) in [6.45, 7) is 6.36. The number of piperazine rings is 1. The molecule has 4 nitrogen and oxygen atoms in total. The monoisotopic (exact) mass is 528 g/mol. The summed E-state index contributed by atoms with van der Waals surface area (Å²) < 4.78 is 11.3. The number of hydrogen-bond donors (Lipinski definition) is 0. The normalized spacial score (nSPS) is 19.8. The second kappa shape index (κ2) is 12.8. The molecule has 2 heterocycles. The van der Waals surface area contributed by atoms with Crippen molar-refractivity contribution in [3.63, 3.8) is 0 Å². The molecule has 0 aromatic heterocycles. The molecule has 0 N–H and O–H groups in total. The maximum absolute atomic E-state index is 5.77. The lowest BCUT2D eigenvalue weighted by atomic mass is 9.82. The van der Waals surface area contributed by atoms with E-state index in [0.29, 0.717) is 18.0 Å². The van der Waals surface area contributed by atoms with E-state index in [0.717, 1.165) is 36.7 Å². The number of nitrogens with zero attached hydrogens (tertiary/aromatic N) is 2. The summed E-state index contributed by atoms with van der Waals surface area (Å²) in [7, 11) is 3.48. The number of fused-ring (bicyclic) bond motifs is 1. The van der Waals surface area contributed by atoms with Gasteiger partial charge in [-0.05, 0) is 49.1 Å². The van der Waals surface area contributed by atoms with Crippen LogP contribution in [0.25, 0.3) is 0 Å². The zero-order valence-electron chi connectivity index (χ0n) is 21.4. The maximum atomic E-state index is 5.77. The highest BCUT2D eigenvalue weighted by Gasteiger charge is 2.41. The van der Waals surface area contributed by atoms with Gasteiger partial charge < -0.3 is 9.47 Å². The van der Waals surface area contributed by atoms with Crippen LogP contribution >= 0.6 is 24.8 Å². The van der Waals surface area contributed by atoms with Crippen molar-refractivity contribution in [3.8, 4) is 11.5 Å². The van der Waals surface area contributed by atoms with E-state index in [1.54, 1.807) is 14.2 Å². The van der Waals surface area contributed by atoms with Gasteiger partial charge in [-0.25, -0.2) is 0 Å². The highest BCUT2D eigenvalue weighted by atomic mass is 35.5. The number of methoxy groups -OCH3 is 2. The molecular formula is C30H38Cl2N2O2. The number of halogens is 2. The van der Waals surface area contributed by atoms with Crippen LogP contribution in [0.15, 0.2) is 72.8 Å². The second-order valence-electron chi connectivity index (χ2n) is 9.73. The van der Waals surface area contributed by atoms with Gasteiger partial charge in [0.25, 0.3) is 0 Å². The van der Waals surface area contributed by atoms with Gasteiger partial charge in [-0.2, -0.15) is 0 Å². The number of hydrogen-bond acceptors (Lipinski definition) is 4. The van der Waals surface area contributed by atoms with Crippen molar-refractivity contribution in [3.05, 3.63) is 95.1 Å². The van der Waals surface area contributed by atoms with E-state index in [-0.39, 0.29) is 24.8 Å². The molecule has 0 saturated carbocycles. The fraction of sp³-hybridized carbons (Fsp3) is 0.400. The minimum atomic E-state index is 0. The van der Waals surface area contributed by atoms with E-state index in [1.165, 1.54) is 36.1 Å². The highest BCUT2D eigenvalue weighted by molar-refractivity contribution is 5.85. The summed E-state index contributed by atoms with van der Waals surface area (Å²) in [4.78, 5) is 5.46.